The first-order chi connectivity index (χ1) is 11.5. The van der Waals surface area contributed by atoms with E-state index >= 15 is 0 Å². The molecule has 0 atom stereocenters. The summed E-state index contributed by atoms with van der Waals surface area (Å²) in [5, 5.41) is 0.627. The number of rotatable bonds is 4. The van der Waals surface area contributed by atoms with Crippen molar-refractivity contribution in [3.8, 4) is 5.75 Å². The summed E-state index contributed by atoms with van der Waals surface area (Å²) < 4.78 is 7.88. The van der Waals surface area contributed by atoms with E-state index in [1.54, 1.807) is 6.33 Å². The number of halogens is 1. The lowest BCUT2D eigenvalue weighted by Gasteiger charge is -2.32. The van der Waals surface area contributed by atoms with Crippen LogP contribution in [0.3, 0.4) is 0 Å². The Bertz CT molecular complexity index is 721. The molecule has 0 spiro atoms. The van der Waals surface area contributed by atoms with Crippen molar-refractivity contribution in [3.63, 3.8) is 0 Å². The minimum Gasteiger partial charge on any atom is -0.489 e. The second-order valence-corrected chi connectivity index (χ2v) is 6.58. The highest BCUT2D eigenvalue weighted by atomic mass is 35.5. The number of carbonyl (C=O) groups excluding carboxylic acids is 1. The molecule has 5 nitrogen and oxygen atoms in total. The van der Waals surface area contributed by atoms with E-state index in [9.17, 15) is 4.79 Å². The van der Waals surface area contributed by atoms with Crippen molar-refractivity contribution in [3.05, 3.63) is 47.0 Å². The van der Waals surface area contributed by atoms with Gasteiger partial charge in [0, 0.05) is 31.6 Å². The fraction of sp³-hybridized carbons (Fsp3) is 0.444. The molecular weight excluding hydrogens is 326 g/mol. The van der Waals surface area contributed by atoms with Crippen molar-refractivity contribution < 1.29 is 9.53 Å². The third-order valence-electron chi connectivity index (χ3n) is 4.58. The predicted octanol–water partition coefficient (Wildman–Crippen LogP) is 3.22. The summed E-state index contributed by atoms with van der Waals surface area (Å²) in [7, 11) is 0. The summed E-state index contributed by atoms with van der Waals surface area (Å²) in [5.74, 6) is 0.847. The molecule has 0 N–H and O–H groups in total. The predicted molar refractivity (Wildman–Crippen MR) is 93.4 cm³/mol. The van der Waals surface area contributed by atoms with E-state index in [0.717, 1.165) is 24.2 Å². The average Bonchev–Trinajstić information content (AvgIpc) is 2.90. The Labute approximate surface area is 147 Å². The van der Waals surface area contributed by atoms with Crippen molar-refractivity contribution >= 4 is 17.5 Å². The van der Waals surface area contributed by atoms with Crippen LogP contribution in [0.2, 0.25) is 5.02 Å². The Morgan fingerprint density at radius 1 is 1.29 bits per heavy atom. The third kappa shape index (κ3) is 3.73. The van der Waals surface area contributed by atoms with E-state index in [1.165, 1.54) is 0 Å². The highest BCUT2D eigenvalue weighted by Crippen LogP contribution is 2.26. The lowest BCUT2D eigenvalue weighted by molar-refractivity contribution is -0.133. The van der Waals surface area contributed by atoms with Crippen LogP contribution in [0, 0.1) is 13.8 Å². The van der Waals surface area contributed by atoms with Crippen LogP contribution >= 0.6 is 11.6 Å². The number of benzene rings is 1. The maximum Gasteiger partial charge on any atom is 0.242 e. The summed E-state index contributed by atoms with van der Waals surface area (Å²) >= 11 is 6.13. The number of imidazole rings is 1. The zero-order valence-corrected chi connectivity index (χ0v) is 14.8. The molecule has 0 radical (unpaired) electrons. The number of ether oxygens (including phenoxy) is 1. The monoisotopic (exact) mass is 347 g/mol. The van der Waals surface area contributed by atoms with Crippen LogP contribution < -0.4 is 4.74 Å². The number of hydrogen-bond acceptors (Lipinski definition) is 3. The summed E-state index contributed by atoms with van der Waals surface area (Å²) in [6, 6.07) is 7.50. The van der Waals surface area contributed by atoms with Crippen molar-refractivity contribution in [1.29, 1.82) is 0 Å². The first kappa shape index (κ1) is 16.8. The fourth-order valence-electron chi connectivity index (χ4n) is 2.89. The zero-order chi connectivity index (χ0) is 17.1. The van der Waals surface area contributed by atoms with Gasteiger partial charge in [-0.3, -0.25) is 4.79 Å². The second kappa shape index (κ2) is 7.26. The number of amides is 1. The second-order valence-electron chi connectivity index (χ2n) is 6.17. The lowest BCUT2D eigenvalue weighted by atomic mass is 10.1. The number of aryl methyl sites for hydroxylation is 1. The van der Waals surface area contributed by atoms with E-state index in [-0.39, 0.29) is 12.0 Å². The van der Waals surface area contributed by atoms with Gasteiger partial charge in [-0.2, -0.15) is 0 Å². The Morgan fingerprint density at radius 3 is 2.62 bits per heavy atom. The molecule has 0 unspecified atom stereocenters. The molecular formula is C18H22ClN3O2. The molecule has 1 aliphatic rings. The Morgan fingerprint density at radius 2 is 2.00 bits per heavy atom. The van der Waals surface area contributed by atoms with Crippen LogP contribution in [0.5, 0.6) is 5.75 Å². The van der Waals surface area contributed by atoms with Crippen LogP contribution in [-0.2, 0) is 11.3 Å². The molecule has 3 rings (SSSR count). The van der Waals surface area contributed by atoms with Crippen molar-refractivity contribution in [1.82, 2.24) is 14.5 Å². The Balaban J connectivity index is 1.52. The molecule has 128 valence electrons. The highest BCUT2D eigenvalue weighted by Gasteiger charge is 2.24. The van der Waals surface area contributed by atoms with E-state index in [4.69, 9.17) is 16.3 Å². The van der Waals surface area contributed by atoms with Crippen molar-refractivity contribution in [2.24, 2.45) is 0 Å². The SMILES string of the molecule is Cc1ncn(CC(=O)N2CCC(Oc3ccccc3Cl)CC2)c1C. The number of aromatic nitrogens is 2. The molecule has 6 heteroatoms. The van der Waals surface area contributed by atoms with Crippen molar-refractivity contribution in [2.75, 3.05) is 13.1 Å². The molecule has 0 bridgehead atoms. The first-order valence-electron chi connectivity index (χ1n) is 8.22. The third-order valence-corrected chi connectivity index (χ3v) is 4.89. The molecule has 1 aromatic heterocycles. The molecule has 0 saturated carbocycles. The molecule has 1 saturated heterocycles. The van der Waals surface area contributed by atoms with Gasteiger partial charge >= 0.3 is 0 Å². The van der Waals surface area contributed by atoms with Gasteiger partial charge in [0.1, 0.15) is 18.4 Å². The van der Waals surface area contributed by atoms with Crippen LogP contribution in [0.25, 0.3) is 0 Å². The smallest absolute Gasteiger partial charge is 0.242 e. The van der Waals surface area contributed by atoms with E-state index < -0.39 is 0 Å². The van der Waals surface area contributed by atoms with Gasteiger partial charge in [-0.25, -0.2) is 4.98 Å². The number of hydrogen-bond donors (Lipinski definition) is 0. The van der Waals surface area contributed by atoms with Gasteiger partial charge in [-0.15, -0.1) is 0 Å². The highest BCUT2D eigenvalue weighted by molar-refractivity contribution is 6.32. The molecule has 1 aromatic carbocycles. The molecule has 1 aliphatic heterocycles. The lowest BCUT2D eigenvalue weighted by Crippen LogP contribution is -2.43. The molecule has 2 heterocycles. The number of nitrogens with zero attached hydrogens (tertiary/aromatic N) is 3. The maximum atomic E-state index is 12.5. The number of para-hydroxylation sites is 1. The summed E-state index contributed by atoms with van der Waals surface area (Å²) in [6.45, 7) is 5.71. The number of piperidine rings is 1. The number of likely N-dealkylation sites (tertiary alicyclic amines) is 1. The Kier molecular flexibility index (Phi) is 5.09. The molecule has 24 heavy (non-hydrogen) atoms. The molecule has 0 aliphatic carbocycles. The fourth-order valence-corrected chi connectivity index (χ4v) is 3.07. The minimum absolute atomic E-state index is 0.103. The summed E-state index contributed by atoms with van der Waals surface area (Å²) in [4.78, 5) is 18.6. The Hall–Kier alpha value is -2.01. The summed E-state index contributed by atoms with van der Waals surface area (Å²) in [5.41, 5.74) is 2.01. The molecule has 2 aromatic rings. The molecule has 1 fully saturated rings. The maximum absolute atomic E-state index is 12.5. The van der Waals surface area contributed by atoms with Crippen LogP contribution in [0.4, 0.5) is 0 Å². The van der Waals surface area contributed by atoms with Crippen molar-refractivity contribution in [2.45, 2.75) is 39.3 Å². The van der Waals surface area contributed by atoms with E-state index in [1.807, 2.05) is 47.6 Å². The van der Waals surface area contributed by atoms with E-state index in [0.29, 0.717) is 30.4 Å². The quantitative estimate of drug-likeness (QED) is 0.853. The zero-order valence-electron chi connectivity index (χ0n) is 14.0. The van der Waals surface area contributed by atoms with Gasteiger partial charge in [-0.1, -0.05) is 23.7 Å². The van der Waals surface area contributed by atoms with Gasteiger partial charge in [0.05, 0.1) is 17.0 Å². The molecule has 1 amide bonds. The van der Waals surface area contributed by atoms with Gasteiger partial charge in [-0.05, 0) is 26.0 Å². The van der Waals surface area contributed by atoms with Crippen LogP contribution in [0.1, 0.15) is 24.2 Å². The number of carbonyl (C=O) groups is 1. The average molecular weight is 348 g/mol. The minimum atomic E-state index is 0.103. The summed E-state index contributed by atoms with van der Waals surface area (Å²) in [6.07, 6.45) is 3.47. The first-order valence-corrected chi connectivity index (χ1v) is 8.59. The largest absolute Gasteiger partial charge is 0.489 e. The van der Waals surface area contributed by atoms with Gasteiger partial charge < -0.3 is 14.2 Å². The topological polar surface area (TPSA) is 47.4 Å². The van der Waals surface area contributed by atoms with Gasteiger partial charge in [0.25, 0.3) is 0 Å². The van der Waals surface area contributed by atoms with E-state index in [2.05, 4.69) is 4.98 Å². The van der Waals surface area contributed by atoms with Crippen LogP contribution in [0.15, 0.2) is 30.6 Å². The van der Waals surface area contributed by atoms with Gasteiger partial charge in [0.15, 0.2) is 0 Å². The van der Waals surface area contributed by atoms with Gasteiger partial charge in [0.2, 0.25) is 5.91 Å². The normalized spacial score (nSPS) is 15.5. The standard InChI is InChI=1S/C18H22ClN3O2/c1-13-14(2)22(12-20-13)11-18(23)21-9-7-15(8-10-21)24-17-6-4-3-5-16(17)19/h3-6,12,15H,7-11H2,1-2H3. The van der Waals surface area contributed by atoms with Crippen LogP contribution in [-0.4, -0.2) is 39.6 Å².